The lowest BCUT2D eigenvalue weighted by atomic mass is 10.2. The lowest BCUT2D eigenvalue weighted by Gasteiger charge is -2.08. The first kappa shape index (κ1) is 16.9. The predicted molar refractivity (Wildman–Crippen MR) is 95.2 cm³/mol. The molecule has 1 N–H and O–H groups in total. The highest BCUT2D eigenvalue weighted by Crippen LogP contribution is 2.27. The lowest BCUT2D eigenvalue weighted by molar-refractivity contribution is -0.384. The molecule has 0 radical (unpaired) electrons. The van der Waals surface area contributed by atoms with E-state index in [2.05, 4.69) is 10.3 Å². The molecule has 8 heteroatoms. The number of nitro benzene ring substituents is 1. The molecule has 0 aliphatic heterocycles. The first-order valence-corrected chi connectivity index (χ1v) is 8.10. The van der Waals surface area contributed by atoms with Gasteiger partial charge in [0.1, 0.15) is 11.3 Å². The lowest BCUT2D eigenvalue weighted by Crippen LogP contribution is -2.16. The number of hydrogen-bond donors (Lipinski definition) is 1. The number of nitrogens with zero attached hydrogens (tertiary/aromatic N) is 3. The van der Waals surface area contributed by atoms with Crippen LogP contribution in [-0.4, -0.2) is 20.2 Å². The Bertz CT molecular complexity index is 968. The zero-order valence-corrected chi connectivity index (χ0v) is 14.2. The third kappa shape index (κ3) is 3.32. The van der Waals surface area contributed by atoms with Crippen LogP contribution < -0.4 is 5.32 Å². The number of pyridine rings is 1. The van der Waals surface area contributed by atoms with E-state index in [1.165, 1.54) is 18.2 Å². The van der Waals surface area contributed by atoms with Gasteiger partial charge in [-0.05, 0) is 24.6 Å². The molecule has 3 aromatic rings. The third-order valence-corrected chi connectivity index (χ3v) is 4.03. The van der Waals surface area contributed by atoms with Crippen LogP contribution in [0.3, 0.4) is 0 Å². The van der Waals surface area contributed by atoms with Gasteiger partial charge in [-0.2, -0.15) is 0 Å². The molecule has 0 spiro atoms. The molecule has 0 unspecified atom stereocenters. The molecular formula is C17H15ClN4O3. The largest absolute Gasteiger partial charge is 0.319 e. The van der Waals surface area contributed by atoms with Gasteiger partial charge in [-0.25, -0.2) is 4.98 Å². The van der Waals surface area contributed by atoms with Gasteiger partial charge >= 0.3 is 0 Å². The van der Waals surface area contributed by atoms with E-state index in [0.717, 1.165) is 6.42 Å². The second-order valence-electron chi connectivity index (χ2n) is 5.46. The normalized spacial score (nSPS) is 10.8. The minimum Gasteiger partial charge on any atom is -0.319 e. The molecule has 25 heavy (non-hydrogen) atoms. The van der Waals surface area contributed by atoms with Crippen molar-refractivity contribution in [2.75, 3.05) is 5.32 Å². The molecular weight excluding hydrogens is 344 g/mol. The molecule has 0 atom stereocenters. The molecule has 0 bridgehead atoms. The maximum absolute atomic E-state index is 12.8. The van der Waals surface area contributed by atoms with Crippen molar-refractivity contribution in [3.8, 4) is 0 Å². The van der Waals surface area contributed by atoms with Gasteiger partial charge < -0.3 is 5.32 Å². The van der Waals surface area contributed by atoms with Crippen LogP contribution in [0.2, 0.25) is 5.02 Å². The van der Waals surface area contributed by atoms with Gasteiger partial charge in [0, 0.05) is 18.3 Å². The van der Waals surface area contributed by atoms with Crippen molar-refractivity contribution in [2.24, 2.45) is 0 Å². The van der Waals surface area contributed by atoms with Crippen LogP contribution >= 0.6 is 11.6 Å². The van der Waals surface area contributed by atoms with Crippen molar-refractivity contribution in [1.82, 2.24) is 9.38 Å². The number of benzene rings is 1. The Labute approximate surface area is 148 Å². The number of carbonyl (C=O) groups is 1. The van der Waals surface area contributed by atoms with E-state index in [-0.39, 0.29) is 16.6 Å². The van der Waals surface area contributed by atoms with Crippen molar-refractivity contribution in [3.05, 3.63) is 69.1 Å². The Morgan fingerprint density at radius 2 is 2.16 bits per heavy atom. The van der Waals surface area contributed by atoms with Crippen molar-refractivity contribution in [1.29, 1.82) is 0 Å². The fraction of sp³-hybridized carbons (Fsp3) is 0.176. The van der Waals surface area contributed by atoms with Crippen molar-refractivity contribution >= 4 is 34.5 Å². The molecule has 7 nitrogen and oxygen atoms in total. The van der Waals surface area contributed by atoms with Gasteiger partial charge in [-0.1, -0.05) is 31.0 Å². The SMILES string of the molecule is CCCc1nc2ccccn2c1C(=O)Nc1ccc([N+](=O)[O-])cc1Cl. The molecule has 0 saturated carbocycles. The van der Waals surface area contributed by atoms with E-state index >= 15 is 0 Å². The summed E-state index contributed by atoms with van der Waals surface area (Å²) in [4.78, 5) is 27.5. The topological polar surface area (TPSA) is 89.5 Å². The van der Waals surface area contributed by atoms with Crippen LogP contribution in [0.5, 0.6) is 0 Å². The smallest absolute Gasteiger partial charge is 0.274 e. The van der Waals surface area contributed by atoms with Gasteiger partial charge in [-0.15, -0.1) is 0 Å². The summed E-state index contributed by atoms with van der Waals surface area (Å²) in [7, 11) is 0. The molecule has 128 valence electrons. The number of aryl methyl sites for hydroxylation is 1. The number of halogens is 1. The molecule has 1 amide bonds. The van der Waals surface area contributed by atoms with Crippen molar-refractivity contribution in [2.45, 2.75) is 19.8 Å². The number of nitro groups is 1. The van der Waals surface area contributed by atoms with E-state index in [4.69, 9.17) is 11.6 Å². The second-order valence-corrected chi connectivity index (χ2v) is 5.87. The number of anilines is 1. The van der Waals surface area contributed by atoms with Crippen LogP contribution in [0.15, 0.2) is 42.6 Å². The highest BCUT2D eigenvalue weighted by molar-refractivity contribution is 6.34. The third-order valence-electron chi connectivity index (χ3n) is 3.72. The van der Waals surface area contributed by atoms with E-state index in [1.807, 2.05) is 25.1 Å². The van der Waals surface area contributed by atoms with Crippen LogP contribution in [0, 0.1) is 10.1 Å². The van der Waals surface area contributed by atoms with Crippen LogP contribution in [0.25, 0.3) is 5.65 Å². The summed E-state index contributed by atoms with van der Waals surface area (Å²) < 4.78 is 1.72. The zero-order valence-electron chi connectivity index (χ0n) is 13.4. The monoisotopic (exact) mass is 358 g/mol. The minimum atomic E-state index is -0.540. The van der Waals surface area contributed by atoms with Gasteiger partial charge in [0.25, 0.3) is 11.6 Å². The van der Waals surface area contributed by atoms with Crippen molar-refractivity contribution < 1.29 is 9.72 Å². The Balaban J connectivity index is 1.97. The van der Waals surface area contributed by atoms with E-state index in [0.29, 0.717) is 29.1 Å². The highest BCUT2D eigenvalue weighted by Gasteiger charge is 2.20. The van der Waals surface area contributed by atoms with Crippen molar-refractivity contribution in [3.63, 3.8) is 0 Å². The Morgan fingerprint density at radius 1 is 1.36 bits per heavy atom. The average Bonchev–Trinajstić information content (AvgIpc) is 2.94. The van der Waals surface area contributed by atoms with Gasteiger partial charge in [0.05, 0.1) is 21.3 Å². The molecule has 3 rings (SSSR count). The van der Waals surface area contributed by atoms with E-state index in [9.17, 15) is 14.9 Å². The number of hydrogen-bond acceptors (Lipinski definition) is 4. The summed E-state index contributed by atoms with van der Waals surface area (Å²) >= 11 is 6.06. The number of carbonyl (C=O) groups excluding carboxylic acids is 1. The Hall–Kier alpha value is -2.93. The summed E-state index contributed by atoms with van der Waals surface area (Å²) in [6, 6.07) is 9.42. The van der Waals surface area contributed by atoms with Gasteiger partial charge in [0.15, 0.2) is 0 Å². The summed E-state index contributed by atoms with van der Waals surface area (Å²) in [6.45, 7) is 2.01. The fourth-order valence-corrected chi connectivity index (χ4v) is 2.82. The fourth-order valence-electron chi connectivity index (χ4n) is 2.60. The molecule has 0 fully saturated rings. The summed E-state index contributed by atoms with van der Waals surface area (Å²) in [5.41, 5.74) is 2.00. The number of fused-ring (bicyclic) bond motifs is 1. The molecule has 0 aliphatic rings. The molecule has 0 aliphatic carbocycles. The first-order chi connectivity index (χ1) is 12.0. The van der Waals surface area contributed by atoms with Crippen LogP contribution in [-0.2, 0) is 6.42 Å². The quantitative estimate of drug-likeness (QED) is 0.549. The van der Waals surface area contributed by atoms with Gasteiger partial charge in [-0.3, -0.25) is 19.3 Å². The molecule has 1 aromatic carbocycles. The maximum atomic E-state index is 12.8. The number of rotatable bonds is 5. The predicted octanol–water partition coefficient (Wildman–Crippen LogP) is 4.10. The zero-order chi connectivity index (χ0) is 18.0. The number of nitrogens with one attached hydrogen (secondary N) is 1. The number of imidazole rings is 1. The summed E-state index contributed by atoms with van der Waals surface area (Å²) in [5.74, 6) is -0.363. The van der Waals surface area contributed by atoms with Crippen LogP contribution in [0.1, 0.15) is 29.5 Å². The highest BCUT2D eigenvalue weighted by atomic mass is 35.5. The van der Waals surface area contributed by atoms with Crippen LogP contribution in [0.4, 0.5) is 11.4 Å². The number of non-ortho nitro benzene ring substituents is 1. The first-order valence-electron chi connectivity index (χ1n) is 7.72. The average molecular weight is 359 g/mol. The molecule has 2 heterocycles. The Morgan fingerprint density at radius 3 is 2.84 bits per heavy atom. The standard InChI is InChI=1S/C17H15ClN4O3/c1-2-5-14-16(21-9-4-3-6-15(21)19-14)17(23)20-13-8-7-11(22(24)25)10-12(13)18/h3-4,6-10H,2,5H2,1H3,(H,20,23). The minimum absolute atomic E-state index is 0.105. The van der Waals surface area contributed by atoms with E-state index < -0.39 is 4.92 Å². The maximum Gasteiger partial charge on any atom is 0.274 e. The second kappa shape index (κ2) is 6.90. The number of amides is 1. The molecule has 2 aromatic heterocycles. The molecule has 0 saturated heterocycles. The summed E-state index contributed by atoms with van der Waals surface area (Å²) in [5, 5.41) is 13.6. The summed E-state index contributed by atoms with van der Waals surface area (Å²) in [6.07, 6.45) is 3.29. The van der Waals surface area contributed by atoms with E-state index in [1.54, 1.807) is 10.6 Å². The number of aromatic nitrogens is 2. The Kier molecular flexibility index (Phi) is 4.67. The van der Waals surface area contributed by atoms with Gasteiger partial charge in [0.2, 0.25) is 0 Å².